The number of hydrogen-bond donors (Lipinski definition) is 1. The summed E-state index contributed by atoms with van der Waals surface area (Å²) in [6.45, 7) is 0. The number of benzene rings is 1. The smallest absolute Gasteiger partial charge is 0.127 e. The van der Waals surface area contributed by atoms with Crippen molar-refractivity contribution in [1.82, 2.24) is 9.78 Å². The molecule has 0 radical (unpaired) electrons. The Hall–Kier alpha value is -1.000. The van der Waals surface area contributed by atoms with Gasteiger partial charge in [-0.05, 0) is 18.2 Å². The summed E-state index contributed by atoms with van der Waals surface area (Å²) < 4.78 is 2.70. The summed E-state index contributed by atoms with van der Waals surface area (Å²) in [5, 5.41) is 4.10. The van der Waals surface area contributed by atoms with Crippen LogP contribution in [-0.4, -0.2) is 9.78 Å². The Bertz CT molecular complexity index is 428. The van der Waals surface area contributed by atoms with Crippen molar-refractivity contribution >= 4 is 34.2 Å². The molecule has 0 amide bonds. The Kier molecular flexibility index (Phi) is 3.55. The lowest BCUT2D eigenvalue weighted by molar-refractivity contribution is 0.890. The molecule has 1 heterocycles. The molecule has 1 aromatic carbocycles. The number of nitrogens with two attached hydrogens (primary N) is 1. The van der Waals surface area contributed by atoms with Gasteiger partial charge in [-0.1, -0.05) is 22.0 Å². The molecule has 0 fully saturated rings. The Morgan fingerprint density at radius 2 is 2.07 bits per heavy atom. The molecule has 0 spiro atoms. The van der Waals surface area contributed by atoms with E-state index in [-0.39, 0.29) is 12.4 Å². The molecule has 14 heavy (non-hydrogen) atoms. The third kappa shape index (κ3) is 2.08. The van der Waals surface area contributed by atoms with E-state index in [2.05, 4.69) is 21.0 Å². The van der Waals surface area contributed by atoms with Gasteiger partial charge in [-0.15, -0.1) is 12.4 Å². The Morgan fingerprint density at radius 1 is 1.29 bits per heavy atom. The third-order valence-electron chi connectivity index (χ3n) is 1.72. The minimum Gasteiger partial charge on any atom is -0.384 e. The van der Waals surface area contributed by atoms with Gasteiger partial charge in [0.1, 0.15) is 5.82 Å². The lowest BCUT2D eigenvalue weighted by Gasteiger charge is -2.03. The van der Waals surface area contributed by atoms with E-state index in [1.165, 1.54) is 0 Å². The summed E-state index contributed by atoms with van der Waals surface area (Å²) in [5.41, 5.74) is 6.66. The number of nitrogens with zero attached hydrogens (tertiary/aromatic N) is 2. The number of halogens is 2. The molecule has 0 atom stereocenters. The Morgan fingerprint density at radius 3 is 2.64 bits per heavy atom. The van der Waals surface area contributed by atoms with E-state index in [0.717, 1.165) is 10.2 Å². The zero-order chi connectivity index (χ0) is 9.26. The fraction of sp³-hybridized carbons (Fsp3) is 0. The summed E-state index contributed by atoms with van der Waals surface area (Å²) >= 11 is 3.39. The topological polar surface area (TPSA) is 43.8 Å². The molecule has 2 aromatic rings. The van der Waals surface area contributed by atoms with Crippen LogP contribution in [0.5, 0.6) is 0 Å². The SMILES string of the molecule is Cl.Nc1ccnn1-c1cccc(Br)c1. The Balaban J connectivity index is 0.000000980. The predicted octanol–water partition coefficient (Wildman–Crippen LogP) is 2.64. The van der Waals surface area contributed by atoms with Gasteiger partial charge in [-0.25, -0.2) is 4.68 Å². The second-order valence-corrected chi connectivity index (χ2v) is 3.56. The highest BCUT2D eigenvalue weighted by molar-refractivity contribution is 9.10. The number of aromatic nitrogens is 2. The number of hydrogen-bond acceptors (Lipinski definition) is 2. The molecule has 0 aliphatic rings. The van der Waals surface area contributed by atoms with E-state index in [0.29, 0.717) is 5.82 Å². The molecule has 0 aliphatic heterocycles. The maximum Gasteiger partial charge on any atom is 0.127 e. The molecule has 1 aromatic heterocycles. The molecule has 0 unspecified atom stereocenters. The first-order valence-electron chi connectivity index (χ1n) is 3.83. The van der Waals surface area contributed by atoms with E-state index in [9.17, 15) is 0 Å². The molecule has 74 valence electrons. The van der Waals surface area contributed by atoms with Crippen LogP contribution in [0.2, 0.25) is 0 Å². The van der Waals surface area contributed by atoms with Gasteiger partial charge in [-0.2, -0.15) is 5.10 Å². The van der Waals surface area contributed by atoms with Crippen molar-refractivity contribution in [2.45, 2.75) is 0 Å². The number of rotatable bonds is 1. The van der Waals surface area contributed by atoms with Crippen molar-refractivity contribution in [2.75, 3.05) is 5.73 Å². The van der Waals surface area contributed by atoms with Gasteiger partial charge in [-0.3, -0.25) is 0 Å². The summed E-state index contributed by atoms with van der Waals surface area (Å²) in [6, 6.07) is 9.59. The van der Waals surface area contributed by atoms with Crippen molar-refractivity contribution in [1.29, 1.82) is 0 Å². The highest BCUT2D eigenvalue weighted by Gasteiger charge is 2.00. The molecule has 0 aliphatic carbocycles. The van der Waals surface area contributed by atoms with Crippen LogP contribution in [0.1, 0.15) is 0 Å². The van der Waals surface area contributed by atoms with Crippen LogP contribution >= 0.6 is 28.3 Å². The number of nitrogen functional groups attached to an aromatic ring is 1. The lowest BCUT2D eigenvalue weighted by atomic mass is 10.3. The first-order chi connectivity index (χ1) is 6.27. The highest BCUT2D eigenvalue weighted by atomic mass is 79.9. The van der Waals surface area contributed by atoms with E-state index in [1.54, 1.807) is 16.9 Å². The molecule has 0 saturated heterocycles. The molecule has 3 nitrogen and oxygen atoms in total. The van der Waals surface area contributed by atoms with Crippen molar-refractivity contribution < 1.29 is 0 Å². The zero-order valence-corrected chi connectivity index (χ0v) is 9.62. The van der Waals surface area contributed by atoms with Crippen LogP contribution in [-0.2, 0) is 0 Å². The molecule has 0 saturated carbocycles. The first-order valence-corrected chi connectivity index (χ1v) is 4.62. The van der Waals surface area contributed by atoms with E-state index in [1.807, 2.05) is 24.3 Å². The number of anilines is 1. The molecule has 0 bridgehead atoms. The van der Waals surface area contributed by atoms with Crippen molar-refractivity contribution in [3.63, 3.8) is 0 Å². The van der Waals surface area contributed by atoms with E-state index in [4.69, 9.17) is 5.73 Å². The second kappa shape index (κ2) is 4.48. The fourth-order valence-corrected chi connectivity index (χ4v) is 1.52. The minimum absolute atomic E-state index is 0. The first kappa shape index (κ1) is 11.1. The van der Waals surface area contributed by atoms with Crippen molar-refractivity contribution in [3.05, 3.63) is 41.0 Å². The fourth-order valence-electron chi connectivity index (χ4n) is 1.14. The van der Waals surface area contributed by atoms with Gasteiger partial charge in [0.25, 0.3) is 0 Å². The molecule has 2 rings (SSSR count). The predicted molar refractivity (Wildman–Crippen MR) is 62.9 cm³/mol. The van der Waals surface area contributed by atoms with E-state index >= 15 is 0 Å². The van der Waals surface area contributed by atoms with E-state index < -0.39 is 0 Å². The van der Waals surface area contributed by atoms with Crippen molar-refractivity contribution in [3.8, 4) is 5.69 Å². The van der Waals surface area contributed by atoms with Gasteiger partial charge in [0.05, 0.1) is 11.9 Å². The van der Waals surface area contributed by atoms with Gasteiger partial charge in [0.2, 0.25) is 0 Å². The van der Waals surface area contributed by atoms with Crippen LogP contribution in [0, 0.1) is 0 Å². The van der Waals surface area contributed by atoms with Crippen LogP contribution < -0.4 is 5.73 Å². The van der Waals surface area contributed by atoms with Crippen molar-refractivity contribution in [2.24, 2.45) is 0 Å². The maximum atomic E-state index is 5.71. The monoisotopic (exact) mass is 273 g/mol. The molecular weight excluding hydrogens is 265 g/mol. The summed E-state index contributed by atoms with van der Waals surface area (Å²) in [7, 11) is 0. The van der Waals surface area contributed by atoms with Crippen LogP contribution in [0.4, 0.5) is 5.82 Å². The largest absolute Gasteiger partial charge is 0.384 e. The zero-order valence-electron chi connectivity index (χ0n) is 7.22. The normalized spacial score (nSPS) is 9.50. The van der Waals surface area contributed by atoms with Gasteiger partial charge >= 0.3 is 0 Å². The average Bonchev–Trinajstić information content (AvgIpc) is 2.51. The molecule has 2 N–H and O–H groups in total. The van der Waals surface area contributed by atoms with Gasteiger partial charge in [0.15, 0.2) is 0 Å². The third-order valence-corrected chi connectivity index (χ3v) is 2.22. The van der Waals surface area contributed by atoms with Gasteiger partial charge < -0.3 is 5.73 Å². The second-order valence-electron chi connectivity index (χ2n) is 2.65. The minimum atomic E-state index is 0. The van der Waals surface area contributed by atoms with Gasteiger partial charge in [0, 0.05) is 10.5 Å². The van der Waals surface area contributed by atoms with Crippen LogP contribution in [0.3, 0.4) is 0 Å². The summed E-state index contributed by atoms with van der Waals surface area (Å²) in [4.78, 5) is 0. The Labute approximate surface area is 96.5 Å². The van der Waals surface area contributed by atoms with Crippen LogP contribution in [0.25, 0.3) is 5.69 Å². The maximum absolute atomic E-state index is 5.71. The average molecular weight is 275 g/mol. The standard InChI is InChI=1S/C9H8BrN3.ClH/c10-7-2-1-3-8(6-7)13-9(11)4-5-12-13;/h1-6H,11H2;1H. The summed E-state index contributed by atoms with van der Waals surface area (Å²) in [5.74, 6) is 0.637. The molecule has 5 heteroatoms. The highest BCUT2D eigenvalue weighted by Crippen LogP contribution is 2.16. The van der Waals surface area contributed by atoms with Crippen LogP contribution in [0.15, 0.2) is 41.0 Å². The lowest BCUT2D eigenvalue weighted by Crippen LogP contribution is -2.00. The molecular formula is C9H9BrClN3. The quantitative estimate of drug-likeness (QED) is 0.869. The summed E-state index contributed by atoms with van der Waals surface area (Å²) in [6.07, 6.45) is 1.68.